The lowest BCUT2D eigenvalue weighted by molar-refractivity contribution is 0.0697. The first kappa shape index (κ1) is 16.2. The topological polar surface area (TPSA) is 69.6 Å². The summed E-state index contributed by atoms with van der Waals surface area (Å²) in [4.78, 5) is 26.4. The number of hydrogen-bond acceptors (Lipinski definition) is 4. The molecule has 1 fully saturated rings. The summed E-state index contributed by atoms with van der Waals surface area (Å²) in [6.07, 6.45) is 1.03. The molecule has 1 aromatic heterocycles. The highest BCUT2D eigenvalue weighted by Crippen LogP contribution is 2.33. The van der Waals surface area contributed by atoms with Gasteiger partial charge in [0.05, 0.1) is 5.56 Å². The Kier molecular flexibility index (Phi) is 5.16. The predicted molar refractivity (Wildman–Crippen MR) is 87.9 cm³/mol. The average Bonchev–Trinajstić information content (AvgIpc) is 2.73. The number of carbonyl (C=O) groups excluding carboxylic acids is 1. The van der Waals surface area contributed by atoms with Crippen LogP contribution in [0.4, 0.5) is 9.80 Å². The highest BCUT2D eigenvalue weighted by atomic mass is 32.2. The summed E-state index contributed by atoms with van der Waals surface area (Å²) in [5.74, 6) is -0.0620. The molecule has 1 atom stereocenters. The van der Waals surface area contributed by atoms with Gasteiger partial charge in [0.25, 0.3) is 0 Å². The fraction of sp³-hybridized carbons (Fsp3) is 0.571. The summed E-state index contributed by atoms with van der Waals surface area (Å²) in [5, 5.41) is 13.0. The highest BCUT2D eigenvalue weighted by Gasteiger charge is 2.26. The maximum absolute atomic E-state index is 12.3. The van der Waals surface area contributed by atoms with E-state index in [-0.39, 0.29) is 11.6 Å². The van der Waals surface area contributed by atoms with Gasteiger partial charge >= 0.3 is 12.0 Å². The van der Waals surface area contributed by atoms with Crippen molar-refractivity contribution in [2.24, 2.45) is 0 Å². The number of nitrogens with zero attached hydrogens (tertiary/aromatic N) is 1. The second kappa shape index (κ2) is 6.70. The Morgan fingerprint density at radius 3 is 2.76 bits per heavy atom. The van der Waals surface area contributed by atoms with Gasteiger partial charge in [-0.25, -0.2) is 9.59 Å². The zero-order valence-electron chi connectivity index (χ0n) is 12.4. The molecule has 1 aliphatic heterocycles. The number of carboxylic acid groups (broad SMARTS) is 1. The monoisotopic (exact) mass is 328 g/mol. The number of urea groups is 1. The zero-order valence-corrected chi connectivity index (χ0v) is 14.1. The largest absolute Gasteiger partial charge is 0.478 e. The summed E-state index contributed by atoms with van der Waals surface area (Å²) in [6.45, 7) is 7.19. The molecule has 2 N–H and O–H groups in total. The van der Waals surface area contributed by atoms with Crippen LogP contribution in [0.15, 0.2) is 0 Å². The highest BCUT2D eigenvalue weighted by molar-refractivity contribution is 8.00. The Morgan fingerprint density at radius 2 is 2.14 bits per heavy atom. The molecule has 0 bridgehead atoms. The lowest BCUT2D eigenvalue weighted by Crippen LogP contribution is -2.44. The van der Waals surface area contributed by atoms with Crippen LogP contribution >= 0.6 is 23.1 Å². The molecule has 7 heteroatoms. The molecular formula is C14H20N2O3S2. The van der Waals surface area contributed by atoms with Crippen molar-refractivity contribution in [1.82, 2.24) is 4.90 Å². The first-order chi connectivity index (χ1) is 9.93. The SMILES string of the molecule is CCC1CN(C(=O)Nc2sc(C)c(C)c2C(=O)O)CCS1. The molecule has 5 nitrogen and oxygen atoms in total. The van der Waals surface area contributed by atoms with Crippen molar-refractivity contribution >= 4 is 40.1 Å². The fourth-order valence-electron chi connectivity index (χ4n) is 2.30. The van der Waals surface area contributed by atoms with Gasteiger partial charge in [0.15, 0.2) is 0 Å². The molecule has 1 aromatic rings. The van der Waals surface area contributed by atoms with Crippen LogP contribution in [0.2, 0.25) is 0 Å². The number of aromatic carboxylic acids is 1. The number of aryl methyl sites for hydroxylation is 1. The van der Waals surface area contributed by atoms with E-state index in [1.54, 1.807) is 11.8 Å². The molecule has 1 unspecified atom stereocenters. The molecule has 1 saturated heterocycles. The van der Waals surface area contributed by atoms with E-state index in [0.29, 0.717) is 16.8 Å². The molecule has 116 valence electrons. The molecule has 0 aromatic carbocycles. The van der Waals surface area contributed by atoms with Gasteiger partial charge in [0, 0.05) is 29.0 Å². The standard InChI is InChI=1S/C14H20N2O3S2/c1-4-10-7-16(5-6-20-10)14(19)15-12-11(13(17)18)8(2)9(3)21-12/h10H,4-7H2,1-3H3,(H,15,19)(H,17,18). The van der Waals surface area contributed by atoms with Crippen LogP contribution < -0.4 is 5.32 Å². The van der Waals surface area contributed by atoms with E-state index < -0.39 is 5.97 Å². The maximum Gasteiger partial charge on any atom is 0.338 e. The Balaban J connectivity index is 2.13. The molecular weight excluding hydrogens is 308 g/mol. The van der Waals surface area contributed by atoms with Gasteiger partial charge in [-0.1, -0.05) is 6.92 Å². The van der Waals surface area contributed by atoms with Crippen LogP contribution in [0, 0.1) is 13.8 Å². The second-order valence-electron chi connectivity index (χ2n) is 5.07. The summed E-state index contributed by atoms with van der Waals surface area (Å²) < 4.78 is 0. The number of hydrogen-bond donors (Lipinski definition) is 2. The van der Waals surface area contributed by atoms with E-state index in [0.717, 1.165) is 29.2 Å². The summed E-state index contributed by atoms with van der Waals surface area (Å²) >= 11 is 3.22. The van der Waals surface area contributed by atoms with Crippen molar-refractivity contribution in [1.29, 1.82) is 0 Å². The number of anilines is 1. The molecule has 21 heavy (non-hydrogen) atoms. The van der Waals surface area contributed by atoms with Gasteiger partial charge in [-0.2, -0.15) is 11.8 Å². The average molecular weight is 328 g/mol. The summed E-state index contributed by atoms with van der Waals surface area (Å²) in [7, 11) is 0. The van der Waals surface area contributed by atoms with Crippen molar-refractivity contribution in [3.8, 4) is 0 Å². The molecule has 0 saturated carbocycles. The first-order valence-electron chi connectivity index (χ1n) is 6.94. The first-order valence-corrected chi connectivity index (χ1v) is 8.81. The van der Waals surface area contributed by atoms with Crippen LogP contribution in [0.1, 0.15) is 34.1 Å². The lowest BCUT2D eigenvalue weighted by Gasteiger charge is -2.31. The molecule has 0 spiro atoms. The van der Waals surface area contributed by atoms with Crippen LogP contribution in [0.25, 0.3) is 0 Å². The molecule has 2 rings (SSSR count). The van der Waals surface area contributed by atoms with Gasteiger partial charge in [0.1, 0.15) is 5.00 Å². The van der Waals surface area contributed by atoms with Crippen molar-refractivity contribution < 1.29 is 14.7 Å². The van der Waals surface area contributed by atoms with Crippen molar-refractivity contribution in [3.63, 3.8) is 0 Å². The van der Waals surface area contributed by atoms with Gasteiger partial charge in [-0.05, 0) is 25.8 Å². The third-order valence-electron chi connectivity index (χ3n) is 3.70. The number of carbonyl (C=O) groups is 2. The van der Waals surface area contributed by atoms with Crippen molar-refractivity contribution in [3.05, 3.63) is 16.0 Å². The van der Waals surface area contributed by atoms with E-state index >= 15 is 0 Å². The number of thiophene rings is 1. The quantitative estimate of drug-likeness (QED) is 0.892. The zero-order chi connectivity index (χ0) is 15.6. The smallest absolute Gasteiger partial charge is 0.338 e. The number of carboxylic acids is 1. The van der Waals surface area contributed by atoms with Gasteiger partial charge in [0.2, 0.25) is 0 Å². The third-order valence-corrected chi connectivity index (χ3v) is 6.20. The lowest BCUT2D eigenvalue weighted by atomic mass is 10.1. The third kappa shape index (κ3) is 3.52. The van der Waals surface area contributed by atoms with Crippen LogP contribution in [-0.2, 0) is 0 Å². The Labute approximate surface area is 132 Å². The van der Waals surface area contributed by atoms with Gasteiger partial charge in [-0.3, -0.25) is 5.32 Å². The normalized spacial score (nSPS) is 18.6. The minimum Gasteiger partial charge on any atom is -0.478 e. The maximum atomic E-state index is 12.3. The van der Waals surface area contributed by atoms with E-state index in [1.807, 2.05) is 18.7 Å². The fourth-order valence-corrected chi connectivity index (χ4v) is 4.52. The van der Waals surface area contributed by atoms with E-state index in [1.165, 1.54) is 11.3 Å². The molecule has 2 heterocycles. The number of amides is 2. The Bertz CT molecular complexity index is 557. The van der Waals surface area contributed by atoms with E-state index in [2.05, 4.69) is 12.2 Å². The van der Waals surface area contributed by atoms with Gasteiger partial charge < -0.3 is 10.0 Å². The molecule has 0 radical (unpaired) electrons. The Morgan fingerprint density at radius 1 is 1.43 bits per heavy atom. The van der Waals surface area contributed by atoms with Crippen LogP contribution in [-0.4, -0.2) is 46.1 Å². The van der Waals surface area contributed by atoms with Crippen molar-refractivity contribution in [2.75, 3.05) is 24.2 Å². The molecule has 0 aliphatic carbocycles. The molecule has 2 amide bonds. The number of rotatable bonds is 3. The molecule has 1 aliphatic rings. The number of thioether (sulfide) groups is 1. The summed E-state index contributed by atoms with van der Waals surface area (Å²) in [6, 6.07) is -0.197. The van der Waals surface area contributed by atoms with E-state index in [9.17, 15) is 14.7 Å². The van der Waals surface area contributed by atoms with Crippen LogP contribution in [0.3, 0.4) is 0 Å². The number of nitrogens with one attached hydrogen (secondary N) is 1. The second-order valence-corrected chi connectivity index (χ2v) is 7.70. The Hall–Kier alpha value is -1.21. The summed E-state index contributed by atoms with van der Waals surface area (Å²) in [5.41, 5.74) is 0.938. The minimum atomic E-state index is -0.993. The van der Waals surface area contributed by atoms with Crippen molar-refractivity contribution in [2.45, 2.75) is 32.4 Å². The predicted octanol–water partition coefficient (Wildman–Crippen LogP) is 3.42. The van der Waals surface area contributed by atoms with Crippen LogP contribution in [0.5, 0.6) is 0 Å². The minimum absolute atomic E-state index is 0.197. The van der Waals surface area contributed by atoms with Gasteiger partial charge in [-0.15, -0.1) is 11.3 Å². The van der Waals surface area contributed by atoms with E-state index in [4.69, 9.17) is 0 Å².